The topological polar surface area (TPSA) is 20.2 Å². The molecule has 0 heterocycles. The van der Waals surface area contributed by atoms with Crippen molar-refractivity contribution in [3.63, 3.8) is 0 Å². The van der Waals surface area contributed by atoms with Crippen molar-refractivity contribution >= 4 is 6.08 Å². The summed E-state index contributed by atoms with van der Waals surface area (Å²) < 4.78 is 39.2. The van der Waals surface area contributed by atoms with E-state index in [9.17, 15) is 18.3 Å². The fourth-order valence-corrected chi connectivity index (χ4v) is 1.76. The van der Waals surface area contributed by atoms with E-state index in [1.54, 1.807) is 30.3 Å². The van der Waals surface area contributed by atoms with E-state index in [2.05, 4.69) is 0 Å². The first-order valence-corrected chi connectivity index (χ1v) is 5.69. The van der Waals surface area contributed by atoms with Gasteiger partial charge in [0.15, 0.2) is 5.60 Å². The van der Waals surface area contributed by atoms with E-state index in [-0.39, 0.29) is 5.56 Å². The summed E-state index contributed by atoms with van der Waals surface area (Å²) in [6.45, 7) is 0. The largest absolute Gasteiger partial charge is 0.413 e. The van der Waals surface area contributed by atoms with Crippen molar-refractivity contribution in [3.8, 4) is 0 Å². The highest BCUT2D eigenvalue weighted by molar-refractivity contribution is 5.52. The number of aliphatic hydroxyl groups is 1. The van der Waals surface area contributed by atoms with Gasteiger partial charge < -0.3 is 5.11 Å². The number of alkyl halides is 3. The Kier molecular flexibility index (Phi) is 3.53. The Morgan fingerprint density at radius 3 is 2.26 bits per heavy atom. The van der Waals surface area contributed by atoms with Crippen LogP contribution in [0.3, 0.4) is 0 Å². The van der Waals surface area contributed by atoms with Crippen molar-refractivity contribution in [2.45, 2.75) is 11.8 Å². The molecule has 1 unspecified atom stereocenters. The van der Waals surface area contributed by atoms with Crippen LogP contribution in [0.1, 0.15) is 11.1 Å². The van der Waals surface area contributed by atoms with Gasteiger partial charge in [-0.3, -0.25) is 0 Å². The predicted octanol–water partition coefficient (Wildman–Crippen LogP) is 3.87. The van der Waals surface area contributed by atoms with E-state index in [0.29, 0.717) is 5.56 Å². The third-order valence-corrected chi connectivity index (χ3v) is 2.85. The molecule has 0 aromatic heterocycles. The van der Waals surface area contributed by atoms with Crippen molar-refractivity contribution in [3.05, 3.63) is 71.8 Å². The van der Waals surface area contributed by atoms with Crippen molar-refractivity contribution in [1.29, 1.82) is 0 Å². The molecule has 2 rings (SSSR count). The molecular formula is C15H12F3O-. The van der Waals surface area contributed by atoms with E-state index in [1.165, 1.54) is 30.3 Å². The minimum absolute atomic E-state index is 0.188. The summed E-state index contributed by atoms with van der Waals surface area (Å²) in [5.41, 5.74) is -2.56. The Morgan fingerprint density at radius 2 is 1.74 bits per heavy atom. The molecule has 0 aliphatic heterocycles. The van der Waals surface area contributed by atoms with E-state index < -0.39 is 11.8 Å². The summed E-state index contributed by atoms with van der Waals surface area (Å²) in [6, 6.07) is 14.0. The molecule has 4 heteroatoms. The van der Waals surface area contributed by atoms with Crippen LogP contribution in [0.15, 0.2) is 60.7 Å². The fraction of sp³-hybridized carbons (Fsp3) is 0.133. The van der Waals surface area contributed by atoms with Crippen LogP contribution in [-0.4, -0.2) is 11.3 Å². The Balaban J connectivity index is 2.38. The molecule has 1 N–H and O–H groups in total. The van der Waals surface area contributed by atoms with Crippen LogP contribution in [0, 0.1) is 0 Å². The summed E-state index contributed by atoms with van der Waals surface area (Å²) in [6.07, 6.45) is -2.73. The van der Waals surface area contributed by atoms with E-state index in [1.807, 2.05) is 0 Å². The van der Waals surface area contributed by atoms with Crippen molar-refractivity contribution in [2.24, 2.45) is 0 Å². The van der Waals surface area contributed by atoms with Gasteiger partial charge in [0.25, 0.3) is 0 Å². The highest BCUT2D eigenvalue weighted by atomic mass is 19.4. The Bertz CT molecular complexity index is 541. The number of rotatable bonds is 3. The van der Waals surface area contributed by atoms with Crippen LogP contribution in [0.2, 0.25) is 0 Å². The van der Waals surface area contributed by atoms with Crippen LogP contribution in [0.4, 0.5) is 13.2 Å². The molecule has 2 aromatic rings. The van der Waals surface area contributed by atoms with Crippen molar-refractivity contribution < 1.29 is 18.3 Å². The lowest BCUT2D eigenvalue weighted by Gasteiger charge is -2.31. The molecular weight excluding hydrogens is 253 g/mol. The summed E-state index contributed by atoms with van der Waals surface area (Å²) >= 11 is 0. The molecule has 0 radical (unpaired) electrons. The smallest absolute Gasteiger partial charge is 0.385 e. The first-order valence-electron chi connectivity index (χ1n) is 5.69. The van der Waals surface area contributed by atoms with Gasteiger partial charge in [-0.1, -0.05) is 42.5 Å². The first kappa shape index (κ1) is 13.5. The van der Waals surface area contributed by atoms with Crippen LogP contribution >= 0.6 is 0 Å². The normalized spacial score (nSPS) is 15.6. The second-order valence-electron chi connectivity index (χ2n) is 4.18. The van der Waals surface area contributed by atoms with Crippen molar-refractivity contribution in [2.75, 3.05) is 0 Å². The van der Waals surface area contributed by atoms with E-state index >= 15 is 0 Å². The molecule has 2 aromatic carbocycles. The molecule has 19 heavy (non-hydrogen) atoms. The lowest BCUT2D eigenvalue weighted by Crippen LogP contribution is -2.40. The third-order valence-electron chi connectivity index (χ3n) is 2.85. The molecule has 0 saturated carbocycles. The van der Waals surface area contributed by atoms with Crippen LogP contribution in [-0.2, 0) is 5.60 Å². The lowest BCUT2D eigenvalue weighted by molar-refractivity contribution is -0.244. The fourth-order valence-electron chi connectivity index (χ4n) is 1.76. The van der Waals surface area contributed by atoms with Gasteiger partial charge in [-0.2, -0.15) is 36.9 Å². The minimum Gasteiger partial charge on any atom is -0.385 e. The van der Waals surface area contributed by atoms with Crippen molar-refractivity contribution in [1.82, 2.24) is 0 Å². The second kappa shape index (κ2) is 4.97. The van der Waals surface area contributed by atoms with Crippen LogP contribution in [0.25, 0.3) is 6.08 Å². The lowest BCUT2D eigenvalue weighted by atomic mass is 9.94. The monoisotopic (exact) mass is 265 g/mol. The Morgan fingerprint density at radius 1 is 1.05 bits per heavy atom. The van der Waals surface area contributed by atoms with Gasteiger partial charge in [0.2, 0.25) is 0 Å². The standard InChI is InChI=1S/C15H12F3O/c16-15(17,18)14(19,13-8-4-5-9-13)11-10-12-6-2-1-3-7-12/h1-11,19H/q-1/b11-10+. The molecule has 1 nitrogen and oxygen atoms in total. The van der Waals surface area contributed by atoms with Gasteiger partial charge in [0.1, 0.15) is 0 Å². The average Bonchev–Trinajstić information content (AvgIpc) is 2.90. The number of hydrogen-bond donors (Lipinski definition) is 1. The maximum Gasteiger partial charge on any atom is 0.413 e. The zero-order valence-electron chi connectivity index (χ0n) is 9.93. The number of halogens is 3. The van der Waals surface area contributed by atoms with Gasteiger partial charge in [-0.25, -0.2) is 6.07 Å². The average molecular weight is 265 g/mol. The summed E-state index contributed by atoms with van der Waals surface area (Å²) in [5.74, 6) is 0. The van der Waals surface area contributed by atoms with Crippen LogP contribution < -0.4 is 0 Å². The Labute approximate surface area is 109 Å². The second-order valence-corrected chi connectivity index (χ2v) is 4.18. The molecule has 0 aliphatic carbocycles. The summed E-state index contributed by atoms with van der Waals surface area (Å²) in [4.78, 5) is 0. The highest BCUT2D eigenvalue weighted by Gasteiger charge is 2.49. The quantitative estimate of drug-likeness (QED) is 0.835. The maximum atomic E-state index is 13.1. The minimum atomic E-state index is -4.77. The summed E-state index contributed by atoms with van der Waals surface area (Å²) in [7, 11) is 0. The third kappa shape index (κ3) is 2.74. The molecule has 0 aliphatic rings. The molecule has 0 amide bonds. The van der Waals surface area contributed by atoms with E-state index in [0.717, 1.165) is 6.08 Å². The first-order chi connectivity index (χ1) is 8.93. The molecule has 0 spiro atoms. The molecule has 0 fully saturated rings. The highest BCUT2D eigenvalue weighted by Crippen LogP contribution is 2.40. The SMILES string of the molecule is OC(/C=C/c1ccccc1)(c1cc[cH-]c1)C(F)(F)F. The molecule has 100 valence electrons. The molecule has 1 atom stereocenters. The molecule has 0 bridgehead atoms. The maximum absolute atomic E-state index is 13.1. The van der Waals surface area contributed by atoms with Gasteiger partial charge in [-0.15, -0.1) is 0 Å². The summed E-state index contributed by atoms with van der Waals surface area (Å²) in [5, 5.41) is 9.96. The molecule has 0 saturated heterocycles. The number of benzene rings is 1. The van der Waals surface area contributed by atoms with Gasteiger partial charge in [-0.05, 0) is 5.56 Å². The van der Waals surface area contributed by atoms with Gasteiger partial charge in [0.05, 0.1) is 0 Å². The zero-order chi connectivity index (χ0) is 13.9. The zero-order valence-corrected chi connectivity index (χ0v) is 9.93. The van der Waals surface area contributed by atoms with E-state index in [4.69, 9.17) is 0 Å². The number of hydrogen-bond acceptors (Lipinski definition) is 1. The van der Waals surface area contributed by atoms with Crippen LogP contribution in [0.5, 0.6) is 0 Å². The van der Waals surface area contributed by atoms with Gasteiger partial charge in [0, 0.05) is 0 Å². The Hall–Kier alpha value is -1.94. The van der Waals surface area contributed by atoms with Gasteiger partial charge >= 0.3 is 6.18 Å². The predicted molar refractivity (Wildman–Crippen MR) is 67.5 cm³/mol.